The van der Waals surface area contributed by atoms with E-state index in [-0.39, 0.29) is 5.82 Å². The van der Waals surface area contributed by atoms with Crippen LogP contribution in [-0.2, 0) is 0 Å². The molecular formula is C12H8BrClFNO. The number of aromatic nitrogens is 1. The fourth-order valence-corrected chi connectivity index (χ4v) is 1.85. The van der Waals surface area contributed by atoms with Crippen molar-refractivity contribution in [3.05, 3.63) is 51.5 Å². The second kappa shape index (κ2) is 5.02. The smallest absolute Gasteiger partial charge is 0.141 e. The van der Waals surface area contributed by atoms with Crippen LogP contribution >= 0.6 is 27.5 Å². The van der Waals surface area contributed by atoms with Crippen molar-refractivity contribution in [3.8, 4) is 11.5 Å². The number of halogens is 3. The Labute approximate surface area is 112 Å². The van der Waals surface area contributed by atoms with E-state index in [1.165, 1.54) is 12.1 Å². The maximum absolute atomic E-state index is 12.9. The van der Waals surface area contributed by atoms with Gasteiger partial charge in [-0.3, -0.25) is 0 Å². The minimum Gasteiger partial charge on any atom is -0.456 e. The Bertz CT molecular complexity index is 562. The summed E-state index contributed by atoms with van der Waals surface area (Å²) < 4.78 is 19.1. The van der Waals surface area contributed by atoms with Crippen LogP contribution in [0.4, 0.5) is 4.39 Å². The number of nitrogens with zero attached hydrogens (tertiary/aromatic N) is 1. The molecule has 0 aliphatic carbocycles. The molecule has 0 radical (unpaired) electrons. The minimum atomic E-state index is -0.325. The van der Waals surface area contributed by atoms with Crippen molar-refractivity contribution >= 4 is 27.5 Å². The highest BCUT2D eigenvalue weighted by molar-refractivity contribution is 9.10. The molecule has 17 heavy (non-hydrogen) atoms. The summed E-state index contributed by atoms with van der Waals surface area (Å²) in [6.07, 6.45) is 1.62. The molecule has 0 fully saturated rings. The first kappa shape index (κ1) is 12.3. The molecule has 0 amide bonds. The first-order valence-corrected chi connectivity index (χ1v) is 5.98. The molecule has 0 aliphatic heterocycles. The number of rotatable bonds is 2. The van der Waals surface area contributed by atoms with E-state index in [4.69, 9.17) is 16.3 Å². The number of benzene rings is 1. The van der Waals surface area contributed by atoms with E-state index < -0.39 is 0 Å². The highest BCUT2D eigenvalue weighted by Crippen LogP contribution is 2.32. The molecule has 2 aromatic rings. The highest BCUT2D eigenvalue weighted by Gasteiger charge is 2.07. The number of hydrogen-bond acceptors (Lipinski definition) is 2. The van der Waals surface area contributed by atoms with Gasteiger partial charge in [0.15, 0.2) is 0 Å². The van der Waals surface area contributed by atoms with Crippen LogP contribution in [0.3, 0.4) is 0 Å². The normalized spacial score (nSPS) is 10.4. The fourth-order valence-electron chi connectivity index (χ4n) is 1.27. The summed E-state index contributed by atoms with van der Waals surface area (Å²) in [6, 6.07) is 5.84. The Kier molecular flexibility index (Phi) is 3.64. The third-order valence-corrected chi connectivity index (χ3v) is 2.96. The standard InChI is InChI=1S/C12H8BrClFNO/c1-7-6-16-12(14)5-11(7)17-10-3-2-8(15)4-9(10)13/h2-6H,1H3. The summed E-state index contributed by atoms with van der Waals surface area (Å²) >= 11 is 9.02. The van der Waals surface area contributed by atoms with E-state index in [2.05, 4.69) is 20.9 Å². The van der Waals surface area contributed by atoms with Gasteiger partial charge in [-0.15, -0.1) is 0 Å². The summed E-state index contributed by atoms with van der Waals surface area (Å²) in [5, 5.41) is 0.351. The lowest BCUT2D eigenvalue weighted by Crippen LogP contribution is -1.90. The van der Waals surface area contributed by atoms with Crippen LogP contribution in [0.2, 0.25) is 5.15 Å². The SMILES string of the molecule is Cc1cnc(Cl)cc1Oc1ccc(F)cc1Br. The van der Waals surface area contributed by atoms with Crippen molar-refractivity contribution in [1.82, 2.24) is 4.98 Å². The highest BCUT2D eigenvalue weighted by atomic mass is 79.9. The summed E-state index contributed by atoms with van der Waals surface area (Å²) in [4.78, 5) is 3.93. The Hall–Kier alpha value is -1.13. The van der Waals surface area contributed by atoms with E-state index in [1.54, 1.807) is 18.3 Å². The van der Waals surface area contributed by atoms with Gasteiger partial charge in [0.05, 0.1) is 4.47 Å². The Morgan fingerprint density at radius 3 is 2.76 bits per heavy atom. The average molecular weight is 317 g/mol. The van der Waals surface area contributed by atoms with E-state index in [9.17, 15) is 4.39 Å². The molecule has 0 unspecified atom stereocenters. The zero-order valence-electron chi connectivity index (χ0n) is 8.88. The number of hydrogen-bond donors (Lipinski definition) is 0. The van der Waals surface area contributed by atoms with E-state index >= 15 is 0 Å². The van der Waals surface area contributed by atoms with Crippen LogP contribution in [0.15, 0.2) is 34.9 Å². The Morgan fingerprint density at radius 1 is 1.29 bits per heavy atom. The molecular weight excluding hydrogens is 308 g/mol. The monoisotopic (exact) mass is 315 g/mol. The van der Waals surface area contributed by atoms with Crippen molar-refractivity contribution in [2.24, 2.45) is 0 Å². The molecule has 1 heterocycles. The predicted octanol–water partition coefficient (Wildman–Crippen LogP) is 4.74. The Morgan fingerprint density at radius 2 is 2.06 bits per heavy atom. The van der Waals surface area contributed by atoms with Crippen LogP contribution < -0.4 is 4.74 Å². The molecule has 1 aromatic heterocycles. The van der Waals surface area contributed by atoms with Crippen LogP contribution in [0.1, 0.15) is 5.56 Å². The molecule has 5 heteroatoms. The minimum absolute atomic E-state index is 0.325. The van der Waals surface area contributed by atoms with Gasteiger partial charge in [-0.25, -0.2) is 9.37 Å². The summed E-state index contributed by atoms with van der Waals surface area (Å²) in [6.45, 7) is 1.86. The number of pyridine rings is 1. The van der Waals surface area contributed by atoms with Gasteiger partial charge in [0.25, 0.3) is 0 Å². The van der Waals surface area contributed by atoms with Gasteiger partial charge >= 0.3 is 0 Å². The van der Waals surface area contributed by atoms with Crippen LogP contribution in [0.25, 0.3) is 0 Å². The van der Waals surface area contributed by atoms with Crippen molar-refractivity contribution in [1.29, 1.82) is 0 Å². The summed E-state index contributed by atoms with van der Waals surface area (Å²) in [5.74, 6) is 0.794. The zero-order chi connectivity index (χ0) is 12.4. The predicted molar refractivity (Wildman–Crippen MR) is 68.2 cm³/mol. The second-order valence-electron chi connectivity index (χ2n) is 3.45. The third-order valence-electron chi connectivity index (χ3n) is 2.13. The van der Waals surface area contributed by atoms with Crippen LogP contribution in [0, 0.1) is 12.7 Å². The first-order chi connectivity index (χ1) is 8.06. The van der Waals surface area contributed by atoms with Crippen LogP contribution in [-0.4, -0.2) is 4.98 Å². The number of ether oxygens (including phenoxy) is 1. The van der Waals surface area contributed by atoms with Gasteiger partial charge in [0.2, 0.25) is 0 Å². The number of aryl methyl sites for hydroxylation is 1. The van der Waals surface area contributed by atoms with E-state index in [0.29, 0.717) is 21.1 Å². The van der Waals surface area contributed by atoms with Crippen molar-refractivity contribution in [2.45, 2.75) is 6.92 Å². The topological polar surface area (TPSA) is 22.1 Å². The maximum Gasteiger partial charge on any atom is 0.141 e. The molecule has 0 spiro atoms. The van der Waals surface area contributed by atoms with Crippen molar-refractivity contribution in [2.75, 3.05) is 0 Å². The molecule has 1 aromatic carbocycles. The molecule has 0 saturated heterocycles. The van der Waals surface area contributed by atoms with Gasteiger partial charge in [0.1, 0.15) is 22.5 Å². The molecule has 0 saturated carbocycles. The summed E-state index contributed by atoms with van der Waals surface area (Å²) in [5.41, 5.74) is 0.852. The molecule has 0 atom stereocenters. The van der Waals surface area contributed by atoms with E-state index in [0.717, 1.165) is 5.56 Å². The first-order valence-electron chi connectivity index (χ1n) is 4.81. The van der Waals surface area contributed by atoms with Gasteiger partial charge in [-0.2, -0.15) is 0 Å². The largest absolute Gasteiger partial charge is 0.456 e. The molecule has 0 aliphatic rings. The summed E-state index contributed by atoms with van der Waals surface area (Å²) in [7, 11) is 0. The fraction of sp³-hybridized carbons (Fsp3) is 0.0833. The molecule has 2 rings (SSSR count). The lowest BCUT2D eigenvalue weighted by Gasteiger charge is -2.10. The zero-order valence-corrected chi connectivity index (χ0v) is 11.2. The van der Waals surface area contributed by atoms with Gasteiger partial charge < -0.3 is 4.74 Å². The quantitative estimate of drug-likeness (QED) is 0.747. The second-order valence-corrected chi connectivity index (χ2v) is 4.69. The van der Waals surface area contributed by atoms with Crippen molar-refractivity contribution < 1.29 is 9.13 Å². The van der Waals surface area contributed by atoms with Crippen LogP contribution in [0.5, 0.6) is 11.5 Å². The molecule has 2 nitrogen and oxygen atoms in total. The third kappa shape index (κ3) is 2.96. The van der Waals surface area contributed by atoms with Gasteiger partial charge in [-0.05, 0) is 41.1 Å². The molecule has 0 bridgehead atoms. The maximum atomic E-state index is 12.9. The molecule has 0 N–H and O–H groups in total. The average Bonchev–Trinajstić information content (AvgIpc) is 2.27. The lowest BCUT2D eigenvalue weighted by atomic mass is 10.3. The lowest BCUT2D eigenvalue weighted by molar-refractivity contribution is 0.473. The molecule has 88 valence electrons. The Balaban J connectivity index is 2.34. The van der Waals surface area contributed by atoms with E-state index in [1.807, 2.05) is 6.92 Å². The van der Waals surface area contributed by atoms with Gasteiger partial charge in [0, 0.05) is 17.8 Å². The van der Waals surface area contributed by atoms with Crippen molar-refractivity contribution in [3.63, 3.8) is 0 Å². The van der Waals surface area contributed by atoms with Gasteiger partial charge in [-0.1, -0.05) is 11.6 Å².